The van der Waals surface area contributed by atoms with Crippen molar-refractivity contribution < 1.29 is 27.5 Å². The molecular formula is C24H29F3N6O3. The number of fused-ring (bicyclic) bond motifs is 1. The summed E-state index contributed by atoms with van der Waals surface area (Å²) >= 11 is 0. The second-order valence-corrected chi connectivity index (χ2v) is 9.35. The Hall–Kier alpha value is -3.57. The van der Waals surface area contributed by atoms with Crippen LogP contribution in [-0.2, 0) is 20.3 Å². The number of aromatic nitrogens is 4. The van der Waals surface area contributed by atoms with Gasteiger partial charge < -0.3 is 15.0 Å². The van der Waals surface area contributed by atoms with Gasteiger partial charge in [0, 0.05) is 38.8 Å². The molecule has 0 aliphatic carbocycles. The molecule has 2 atom stereocenters. The molecule has 1 saturated heterocycles. The van der Waals surface area contributed by atoms with Gasteiger partial charge in [0.2, 0.25) is 0 Å². The first-order chi connectivity index (χ1) is 16.8. The number of carbonyl (C=O) groups excluding carboxylic acids is 2. The second kappa shape index (κ2) is 9.14. The zero-order valence-electron chi connectivity index (χ0n) is 21.0. The van der Waals surface area contributed by atoms with Crippen LogP contribution in [0.15, 0.2) is 12.1 Å². The van der Waals surface area contributed by atoms with Crippen molar-refractivity contribution >= 4 is 22.8 Å². The molecule has 2 aromatic heterocycles. The van der Waals surface area contributed by atoms with Gasteiger partial charge in [-0.3, -0.25) is 18.8 Å². The zero-order valence-corrected chi connectivity index (χ0v) is 21.0. The van der Waals surface area contributed by atoms with Gasteiger partial charge >= 0.3 is 6.18 Å². The van der Waals surface area contributed by atoms with E-state index in [1.807, 2.05) is 20.9 Å². The van der Waals surface area contributed by atoms with Gasteiger partial charge in [0.1, 0.15) is 11.3 Å². The normalized spacial score (nSPS) is 18.5. The van der Waals surface area contributed by atoms with Crippen molar-refractivity contribution in [1.82, 2.24) is 29.5 Å². The van der Waals surface area contributed by atoms with Crippen LogP contribution >= 0.6 is 0 Å². The number of carbonyl (C=O) groups is 2. The third kappa shape index (κ3) is 4.40. The summed E-state index contributed by atoms with van der Waals surface area (Å²) < 4.78 is 48.6. The van der Waals surface area contributed by atoms with Crippen LogP contribution in [0.2, 0.25) is 0 Å². The zero-order chi connectivity index (χ0) is 26.5. The molecule has 0 radical (unpaired) electrons. The number of aryl methyl sites for hydroxylation is 4. The molecule has 0 saturated carbocycles. The molecular weight excluding hydrogens is 477 g/mol. The number of nitrogens with zero attached hydrogens (tertiary/aromatic N) is 5. The summed E-state index contributed by atoms with van der Waals surface area (Å²) in [4.78, 5) is 32.3. The van der Waals surface area contributed by atoms with Crippen molar-refractivity contribution in [1.29, 1.82) is 0 Å². The smallest absolute Gasteiger partial charge is 0.420 e. The van der Waals surface area contributed by atoms with Crippen molar-refractivity contribution in [3.8, 4) is 6.01 Å². The molecule has 9 nitrogen and oxygen atoms in total. The van der Waals surface area contributed by atoms with Gasteiger partial charge in [-0.2, -0.15) is 23.3 Å². The molecule has 1 aromatic carbocycles. The van der Waals surface area contributed by atoms with E-state index in [1.165, 1.54) is 21.1 Å². The largest absolute Gasteiger partial charge is 0.468 e. The maximum Gasteiger partial charge on any atom is 0.420 e. The molecule has 1 fully saturated rings. The number of nitrogens with one attached hydrogen (secondary N) is 1. The van der Waals surface area contributed by atoms with Gasteiger partial charge in [-0.05, 0) is 43.9 Å². The third-order valence-electron chi connectivity index (χ3n) is 6.80. The minimum absolute atomic E-state index is 0.154. The van der Waals surface area contributed by atoms with Crippen LogP contribution in [0, 0.1) is 19.8 Å². The molecule has 2 amide bonds. The Bertz CT molecular complexity index is 1340. The highest BCUT2D eigenvalue weighted by Gasteiger charge is 2.41. The highest BCUT2D eigenvalue weighted by Crippen LogP contribution is 2.34. The molecule has 0 spiro atoms. The molecule has 3 heterocycles. The number of imidazole rings is 1. The molecule has 12 heteroatoms. The lowest BCUT2D eigenvalue weighted by molar-refractivity contribution is -0.138. The Kier molecular flexibility index (Phi) is 6.48. The van der Waals surface area contributed by atoms with Crippen LogP contribution in [0.3, 0.4) is 0 Å². The molecule has 4 rings (SSSR count). The lowest BCUT2D eigenvalue weighted by atomic mass is 9.93. The standard InChI is InChI=1S/C24H29F3N6O3/c1-12-9-15(10-17-19(12)29-23(36-6)31(17)4)22(35)33-8-7-16(13(2)11-33)28-21(34)20-18(24(25,26)27)14(3)30-32(20)5/h9-10,13,16H,7-8,11H2,1-6H3,(H,28,34)/t13-,16+/m0/s1. The number of piperidine rings is 1. The first-order valence-corrected chi connectivity index (χ1v) is 11.6. The number of methoxy groups -OCH3 is 1. The van der Waals surface area contributed by atoms with E-state index in [1.54, 1.807) is 21.6 Å². The van der Waals surface area contributed by atoms with Crippen LogP contribution in [0.5, 0.6) is 6.01 Å². The minimum Gasteiger partial charge on any atom is -0.468 e. The van der Waals surface area contributed by atoms with Gasteiger partial charge in [0.05, 0.1) is 23.8 Å². The van der Waals surface area contributed by atoms with E-state index >= 15 is 0 Å². The summed E-state index contributed by atoms with van der Waals surface area (Å²) in [6, 6.07) is 3.63. The maximum absolute atomic E-state index is 13.5. The molecule has 1 aliphatic rings. The van der Waals surface area contributed by atoms with E-state index in [9.17, 15) is 22.8 Å². The molecule has 0 bridgehead atoms. The molecule has 194 valence electrons. The van der Waals surface area contributed by atoms with Crippen molar-refractivity contribution in [3.05, 3.63) is 40.2 Å². The van der Waals surface area contributed by atoms with Gasteiger partial charge in [0.25, 0.3) is 17.8 Å². The lowest BCUT2D eigenvalue weighted by Gasteiger charge is -2.37. The maximum atomic E-state index is 13.5. The third-order valence-corrected chi connectivity index (χ3v) is 6.80. The SMILES string of the molecule is COc1nc2c(C)cc(C(=O)N3CC[C@@H](NC(=O)c4c(C(F)(F)F)c(C)nn4C)[C@@H](C)C3)cc2n1C. The van der Waals surface area contributed by atoms with Crippen LogP contribution < -0.4 is 10.1 Å². The van der Waals surface area contributed by atoms with Gasteiger partial charge in [-0.1, -0.05) is 6.92 Å². The number of likely N-dealkylation sites (tertiary alicyclic amines) is 1. The number of hydrogen-bond donors (Lipinski definition) is 1. The lowest BCUT2D eigenvalue weighted by Crippen LogP contribution is -2.51. The number of alkyl halides is 3. The number of amides is 2. The first-order valence-electron chi connectivity index (χ1n) is 11.6. The van der Waals surface area contributed by atoms with Crippen LogP contribution in [-0.4, -0.2) is 62.3 Å². The number of halogens is 3. The first kappa shape index (κ1) is 25.5. The Balaban J connectivity index is 1.49. The van der Waals surface area contributed by atoms with Crippen LogP contribution in [0.1, 0.15) is 51.0 Å². The number of benzene rings is 1. The average Bonchev–Trinajstić information content (AvgIpc) is 3.29. The predicted octanol–water partition coefficient (Wildman–Crippen LogP) is 3.23. The van der Waals surface area contributed by atoms with Gasteiger partial charge in [-0.15, -0.1) is 0 Å². The summed E-state index contributed by atoms with van der Waals surface area (Å²) in [6.45, 7) is 5.69. The van der Waals surface area contributed by atoms with E-state index in [0.717, 1.165) is 21.3 Å². The summed E-state index contributed by atoms with van der Waals surface area (Å²) in [5.41, 5.74) is 1.10. The fourth-order valence-electron chi connectivity index (χ4n) is 4.96. The summed E-state index contributed by atoms with van der Waals surface area (Å²) in [7, 11) is 4.66. The van der Waals surface area contributed by atoms with E-state index in [4.69, 9.17) is 4.74 Å². The van der Waals surface area contributed by atoms with Gasteiger partial charge in [0.15, 0.2) is 0 Å². The fourth-order valence-corrected chi connectivity index (χ4v) is 4.96. The number of ether oxygens (including phenoxy) is 1. The molecule has 1 aliphatic heterocycles. The van der Waals surface area contributed by atoms with Crippen LogP contribution in [0.25, 0.3) is 11.0 Å². The number of hydrogen-bond acceptors (Lipinski definition) is 5. The molecule has 3 aromatic rings. The number of rotatable bonds is 4. The Morgan fingerprint density at radius 1 is 1.19 bits per heavy atom. The van der Waals surface area contributed by atoms with E-state index in [0.29, 0.717) is 31.1 Å². The summed E-state index contributed by atoms with van der Waals surface area (Å²) in [6.07, 6.45) is -4.28. The Morgan fingerprint density at radius 2 is 1.89 bits per heavy atom. The monoisotopic (exact) mass is 506 g/mol. The predicted molar refractivity (Wildman–Crippen MR) is 126 cm³/mol. The molecule has 36 heavy (non-hydrogen) atoms. The van der Waals surface area contributed by atoms with Crippen molar-refractivity contribution in [2.45, 2.75) is 39.4 Å². The Labute approximate surface area is 206 Å². The highest BCUT2D eigenvalue weighted by atomic mass is 19.4. The Morgan fingerprint density at radius 3 is 2.50 bits per heavy atom. The van der Waals surface area contributed by atoms with E-state index in [2.05, 4.69) is 15.4 Å². The summed E-state index contributed by atoms with van der Waals surface area (Å²) in [5.74, 6) is -1.15. The summed E-state index contributed by atoms with van der Waals surface area (Å²) in [5, 5.41) is 6.53. The second-order valence-electron chi connectivity index (χ2n) is 9.35. The van der Waals surface area contributed by atoms with Crippen molar-refractivity contribution in [2.75, 3.05) is 20.2 Å². The van der Waals surface area contributed by atoms with E-state index in [-0.39, 0.29) is 23.6 Å². The van der Waals surface area contributed by atoms with E-state index < -0.39 is 23.3 Å². The van der Waals surface area contributed by atoms with Crippen molar-refractivity contribution in [2.24, 2.45) is 20.0 Å². The van der Waals surface area contributed by atoms with Crippen molar-refractivity contribution in [3.63, 3.8) is 0 Å². The quantitative estimate of drug-likeness (QED) is 0.587. The average molecular weight is 507 g/mol. The molecule has 1 N–H and O–H groups in total. The van der Waals surface area contributed by atoms with Gasteiger partial charge in [-0.25, -0.2) is 0 Å². The fraction of sp³-hybridized carbons (Fsp3) is 0.500. The van der Waals surface area contributed by atoms with Crippen LogP contribution in [0.4, 0.5) is 13.2 Å². The minimum atomic E-state index is -4.69. The highest BCUT2D eigenvalue weighted by molar-refractivity contribution is 5.98. The topological polar surface area (TPSA) is 94.3 Å². The molecule has 0 unspecified atom stereocenters.